The maximum Gasteiger partial charge on any atom is 0.240 e. The molecule has 2 aromatic carbocycles. The standard InChI is InChI=1S/C23H27F2N3O4S/c24-19-5-7-20(8-6-19)33(31,32)27-14-10-22(29)28-15-11-18(12-16-28)23(30)26-13-9-17-3-1-2-4-21(17)25/h1-8,18,27H,9-16H2,(H,26,30). The van der Waals surface area contributed by atoms with E-state index >= 15 is 0 Å². The maximum atomic E-state index is 13.6. The van der Waals surface area contributed by atoms with Gasteiger partial charge in [-0.2, -0.15) is 0 Å². The molecule has 1 heterocycles. The largest absolute Gasteiger partial charge is 0.356 e. The highest BCUT2D eigenvalue weighted by molar-refractivity contribution is 7.89. The Hall–Kier alpha value is -2.85. The summed E-state index contributed by atoms with van der Waals surface area (Å²) >= 11 is 0. The quantitative estimate of drug-likeness (QED) is 0.577. The van der Waals surface area contributed by atoms with Crippen LogP contribution in [0.1, 0.15) is 24.8 Å². The molecular formula is C23H27F2N3O4S. The van der Waals surface area contributed by atoms with Crippen LogP contribution in [0.5, 0.6) is 0 Å². The van der Waals surface area contributed by atoms with Gasteiger partial charge in [0, 0.05) is 38.5 Å². The van der Waals surface area contributed by atoms with E-state index in [0.717, 1.165) is 24.3 Å². The van der Waals surface area contributed by atoms with E-state index in [-0.39, 0.29) is 41.4 Å². The van der Waals surface area contributed by atoms with E-state index in [1.165, 1.54) is 6.07 Å². The Balaban J connectivity index is 1.36. The minimum atomic E-state index is -3.82. The predicted octanol–water partition coefficient (Wildman–Crippen LogP) is 2.23. The van der Waals surface area contributed by atoms with Crippen LogP contribution in [0.2, 0.25) is 0 Å². The Morgan fingerprint density at radius 1 is 0.970 bits per heavy atom. The van der Waals surface area contributed by atoms with Crippen LogP contribution in [-0.2, 0) is 26.0 Å². The molecule has 3 rings (SSSR count). The lowest BCUT2D eigenvalue weighted by molar-refractivity contribution is -0.135. The van der Waals surface area contributed by atoms with Gasteiger partial charge in [-0.25, -0.2) is 21.9 Å². The molecule has 0 atom stereocenters. The highest BCUT2D eigenvalue weighted by Gasteiger charge is 2.27. The Morgan fingerprint density at radius 3 is 2.30 bits per heavy atom. The molecule has 2 amide bonds. The number of nitrogens with one attached hydrogen (secondary N) is 2. The van der Waals surface area contributed by atoms with Crippen LogP contribution in [-0.4, -0.2) is 51.3 Å². The van der Waals surface area contributed by atoms with Gasteiger partial charge in [0.25, 0.3) is 0 Å². The van der Waals surface area contributed by atoms with Crippen LogP contribution < -0.4 is 10.0 Å². The molecule has 1 aliphatic rings. The fraction of sp³-hybridized carbons (Fsp3) is 0.391. The van der Waals surface area contributed by atoms with Gasteiger partial charge in [0.1, 0.15) is 11.6 Å². The first kappa shape index (κ1) is 24.8. The number of piperidine rings is 1. The van der Waals surface area contributed by atoms with Crippen molar-refractivity contribution in [3.63, 3.8) is 0 Å². The summed E-state index contributed by atoms with van der Waals surface area (Å²) in [7, 11) is -3.82. The summed E-state index contributed by atoms with van der Waals surface area (Å²) in [5.41, 5.74) is 0.549. The summed E-state index contributed by atoms with van der Waals surface area (Å²) in [4.78, 5) is 26.3. The van der Waals surface area contributed by atoms with Crippen molar-refractivity contribution in [2.45, 2.75) is 30.6 Å². The van der Waals surface area contributed by atoms with Gasteiger partial charge in [-0.1, -0.05) is 18.2 Å². The van der Waals surface area contributed by atoms with Crippen LogP contribution in [0.25, 0.3) is 0 Å². The summed E-state index contributed by atoms with van der Waals surface area (Å²) in [5, 5.41) is 2.83. The lowest BCUT2D eigenvalue weighted by atomic mass is 9.95. The van der Waals surface area contributed by atoms with Gasteiger partial charge in [0.2, 0.25) is 21.8 Å². The molecule has 0 aromatic heterocycles. The van der Waals surface area contributed by atoms with E-state index in [2.05, 4.69) is 10.0 Å². The molecule has 1 aliphatic heterocycles. The third-order valence-corrected chi connectivity index (χ3v) is 7.10. The number of hydrogen-bond acceptors (Lipinski definition) is 4. The molecular weight excluding hydrogens is 452 g/mol. The van der Waals surface area contributed by atoms with Crippen molar-refractivity contribution in [2.75, 3.05) is 26.2 Å². The minimum Gasteiger partial charge on any atom is -0.356 e. The van der Waals surface area contributed by atoms with E-state index in [1.807, 2.05) is 0 Å². The molecule has 0 aliphatic carbocycles. The van der Waals surface area contributed by atoms with Gasteiger partial charge in [-0.3, -0.25) is 9.59 Å². The van der Waals surface area contributed by atoms with E-state index in [0.29, 0.717) is 44.5 Å². The van der Waals surface area contributed by atoms with E-state index in [9.17, 15) is 26.8 Å². The number of rotatable bonds is 9. The van der Waals surface area contributed by atoms with E-state index < -0.39 is 15.8 Å². The zero-order chi connectivity index (χ0) is 23.8. The zero-order valence-electron chi connectivity index (χ0n) is 18.1. The number of halogens is 2. The van der Waals surface area contributed by atoms with Crippen molar-refractivity contribution in [1.29, 1.82) is 0 Å². The summed E-state index contributed by atoms with van der Waals surface area (Å²) in [5.74, 6) is -1.35. The molecule has 33 heavy (non-hydrogen) atoms. The molecule has 2 N–H and O–H groups in total. The van der Waals surface area contributed by atoms with Crippen LogP contribution in [0.4, 0.5) is 8.78 Å². The molecule has 0 spiro atoms. The molecule has 2 aromatic rings. The lowest BCUT2D eigenvalue weighted by Gasteiger charge is -2.31. The highest BCUT2D eigenvalue weighted by Crippen LogP contribution is 2.18. The van der Waals surface area contributed by atoms with Gasteiger partial charge in [-0.05, 0) is 55.2 Å². The Bertz CT molecular complexity index is 1070. The Labute approximate surface area is 192 Å². The number of carbonyl (C=O) groups excluding carboxylic acids is 2. The third-order valence-electron chi connectivity index (χ3n) is 5.62. The first-order valence-corrected chi connectivity index (χ1v) is 12.3. The molecule has 0 unspecified atom stereocenters. The molecule has 10 heteroatoms. The average molecular weight is 480 g/mol. The second-order valence-corrected chi connectivity index (χ2v) is 9.66. The summed E-state index contributed by atoms with van der Waals surface area (Å²) < 4.78 is 53.3. The summed E-state index contributed by atoms with van der Waals surface area (Å²) in [6.07, 6.45) is 1.42. The zero-order valence-corrected chi connectivity index (χ0v) is 18.9. The normalized spacial score (nSPS) is 14.8. The first-order chi connectivity index (χ1) is 15.8. The van der Waals surface area contributed by atoms with Crippen LogP contribution >= 0.6 is 0 Å². The van der Waals surface area contributed by atoms with Gasteiger partial charge in [-0.15, -0.1) is 0 Å². The molecule has 0 bridgehead atoms. The van der Waals surface area contributed by atoms with Crippen molar-refractivity contribution in [2.24, 2.45) is 5.92 Å². The maximum absolute atomic E-state index is 13.6. The number of amides is 2. The number of likely N-dealkylation sites (tertiary alicyclic amines) is 1. The fourth-order valence-electron chi connectivity index (χ4n) is 3.70. The smallest absolute Gasteiger partial charge is 0.240 e. The molecule has 178 valence electrons. The Kier molecular flexibility index (Phi) is 8.51. The van der Waals surface area contributed by atoms with Crippen LogP contribution in [0.3, 0.4) is 0 Å². The second-order valence-electron chi connectivity index (χ2n) is 7.89. The Morgan fingerprint density at radius 2 is 1.64 bits per heavy atom. The summed E-state index contributed by atoms with van der Waals surface area (Å²) in [6, 6.07) is 10.9. The van der Waals surface area contributed by atoms with Crippen molar-refractivity contribution in [3.8, 4) is 0 Å². The van der Waals surface area contributed by atoms with Crippen molar-refractivity contribution < 1.29 is 26.8 Å². The van der Waals surface area contributed by atoms with Crippen molar-refractivity contribution in [3.05, 3.63) is 65.7 Å². The molecule has 1 fully saturated rings. The number of hydrogen-bond donors (Lipinski definition) is 2. The van der Waals surface area contributed by atoms with Crippen LogP contribution in [0, 0.1) is 17.6 Å². The molecule has 0 radical (unpaired) electrons. The molecule has 7 nitrogen and oxygen atoms in total. The van der Waals surface area contributed by atoms with Crippen molar-refractivity contribution >= 4 is 21.8 Å². The monoisotopic (exact) mass is 479 g/mol. The molecule has 0 saturated carbocycles. The lowest BCUT2D eigenvalue weighted by Crippen LogP contribution is -2.44. The van der Waals surface area contributed by atoms with Gasteiger partial charge < -0.3 is 10.2 Å². The van der Waals surface area contributed by atoms with Crippen LogP contribution in [0.15, 0.2) is 53.4 Å². The number of benzene rings is 2. The van der Waals surface area contributed by atoms with Crippen molar-refractivity contribution in [1.82, 2.24) is 14.9 Å². The number of sulfonamides is 1. The SMILES string of the molecule is O=C(NCCc1ccccc1F)C1CCN(C(=O)CCNS(=O)(=O)c2ccc(F)cc2)CC1. The topological polar surface area (TPSA) is 95.6 Å². The van der Waals surface area contributed by atoms with Gasteiger partial charge in [0.15, 0.2) is 0 Å². The first-order valence-electron chi connectivity index (χ1n) is 10.8. The second kappa shape index (κ2) is 11.3. The van der Waals surface area contributed by atoms with E-state index in [4.69, 9.17) is 0 Å². The predicted molar refractivity (Wildman–Crippen MR) is 119 cm³/mol. The highest BCUT2D eigenvalue weighted by atomic mass is 32.2. The fourth-order valence-corrected chi connectivity index (χ4v) is 4.74. The van der Waals surface area contributed by atoms with Gasteiger partial charge in [0.05, 0.1) is 4.90 Å². The van der Waals surface area contributed by atoms with Gasteiger partial charge >= 0.3 is 0 Å². The third kappa shape index (κ3) is 7.06. The average Bonchev–Trinajstić information content (AvgIpc) is 2.80. The number of carbonyl (C=O) groups is 2. The minimum absolute atomic E-state index is 0.0140. The number of nitrogens with zero attached hydrogens (tertiary/aromatic N) is 1. The van der Waals surface area contributed by atoms with E-state index in [1.54, 1.807) is 23.1 Å². The summed E-state index contributed by atoms with van der Waals surface area (Å²) in [6.45, 7) is 1.09. The molecule has 1 saturated heterocycles.